The number of rotatable bonds is 0. The fourth-order valence-electron chi connectivity index (χ4n) is 2.03. The summed E-state index contributed by atoms with van der Waals surface area (Å²) in [4.78, 5) is 15.4. The predicted molar refractivity (Wildman–Crippen MR) is 43.6 cm³/mol. The zero-order valence-electron chi connectivity index (χ0n) is 7.23. The van der Waals surface area contributed by atoms with Crippen LogP contribution in [0.25, 0.3) is 0 Å². The summed E-state index contributed by atoms with van der Waals surface area (Å²) in [7, 11) is 1.82. The molecule has 2 heterocycles. The molecule has 4 heteroatoms. The van der Waals surface area contributed by atoms with E-state index in [-0.39, 0.29) is 18.1 Å². The summed E-state index contributed by atoms with van der Waals surface area (Å²) in [6.07, 6.45) is 0.314. The van der Waals surface area contributed by atoms with Crippen molar-refractivity contribution in [3.63, 3.8) is 0 Å². The van der Waals surface area contributed by atoms with E-state index in [0.717, 1.165) is 13.1 Å². The van der Waals surface area contributed by atoms with Crippen LogP contribution in [0.5, 0.6) is 0 Å². The van der Waals surface area contributed by atoms with Gasteiger partial charge in [0.15, 0.2) is 0 Å². The van der Waals surface area contributed by atoms with Gasteiger partial charge in [0.1, 0.15) is 0 Å². The van der Waals surface area contributed by atoms with E-state index in [4.69, 9.17) is 0 Å². The molecule has 2 aliphatic rings. The van der Waals surface area contributed by atoms with Crippen LogP contribution >= 0.6 is 0 Å². The lowest BCUT2D eigenvalue weighted by Gasteiger charge is -2.34. The lowest BCUT2D eigenvalue weighted by molar-refractivity contribution is -0.138. The van der Waals surface area contributed by atoms with E-state index in [1.54, 1.807) is 4.90 Å². The third kappa shape index (κ3) is 1.11. The van der Waals surface area contributed by atoms with E-state index >= 15 is 0 Å². The summed E-state index contributed by atoms with van der Waals surface area (Å²) >= 11 is 0. The Morgan fingerprint density at radius 2 is 2.25 bits per heavy atom. The summed E-state index contributed by atoms with van der Waals surface area (Å²) < 4.78 is 0. The van der Waals surface area contributed by atoms with Crippen molar-refractivity contribution >= 4 is 5.91 Å². The van der Waals surface area contributed by atoms with Crippen molar-refractivity contribution < 1.29 is 9.90 Å². The van der Waals surface area contributed by atoms with Crippen LogP contribution in [0.3, 0.4) is 0 Å². The molecule has 2 atom stereocenters. The summed E-state index contributed by atoms with van der Waals surface area (Å²) in [6.45, 7) is 2.37. The Balaban J connectivity index is 2.11. The molecule has 0 unspecified atom stereocenters. The number of hydrogen-bond acceptors (Lipinski definition) is 3. The number of likely N-dealkylation sites (N-methyl/N-ethyl adjacent to an activating group) is 1. The first-order valence-corrected chi connectivity index (χ1v) is 4.35. The molecule has 68 valence electrons. The molecule has 0 bridgehead atoms. The van der Waals surface area contributed by atoms with Crippen LogP contribution in [0.15, 0.2) is 0 Å². The van der Waals surface area contributed by atoms with Gasteiger partial charge < -0.3 is 10.0 Å². The number of nitrogens with zero attached hydrogens (tertiary/aromatic N) is 2. The predicted octanol–water partition coefficient (Wildman–Crippen LogP) is -1.11. The van der Waals surface area contributed by atoms with E-state index < -0.39 is 0 Å². The molecule has 2 saturated heterocycles. The highest BCUT2D eigenvalue weighted by Gasteiger charge is 2.39. The SMILES string of the molecule is CN1CCN2C[C@H](O)C[C@H]2C1=O. The zero-order valence-corrected chi connectivity index (χ0v) is 7.23. The quantitative estimate of drug-likeness (QED) is 0.501. The van der Waals surface area contributed by atoms with Gasteiger partial charge in [-0.05, 0) is 6.42 Å². The third-order valence-electron chi connectivity index (χ3n) is 2.77. The molecule has 12 heavy (non-hydrogen) atoms. The molecule has 4 nitrogen and oxygen atoms in total. The van der Waals surface area contributed by atoms with Gasteiger partial charge in [0.05, 0.1) is 12.1 Å². The molecular formula is C8H14N2O2. The van der Waals surface area contributed by atoms with Crippen LogP contribution in [0, 0.1) is 0 Å². The fourth-order valence-corrected chi connectivity index (χ4v) is 2.03. The Morgan fingerprint density at radius 3 is 3.00 bits per heavy atom. The smallest absolute Gasteiger partial charge is 0.239 e. The molecule has 1 amide bonds. The number of fused-ring (bicyclic) bond motifs is 1. The maximum atomic E-state index is 11.5. The molecule has 0 spiro atoms. The fraction of sp³-hybridized carbons (Fsp3) is 0.875. The van der Waals surface area contributed by atoms with Crippen molar-refractivity contribution in [2.45, 2.75) is 18.6 Å². The Morgan fingerprint density at radius 1 is 1.50 bits per heavy atom. The topological polar surface area (TPSA) is 43.8 Å². The molecule has 2 rings (SSSR count). The number of aliphatic hydroxyl groups is 1. The molecule has 0 aromatic heterocycles. The van der Waals surface area contributed by atoms with Crippen molar-refractivity contribution in [2.24, 2.45) is 0 Å². The van der Waals surface area contributed by atoms with E-state index in [2.05, 4.69) is 4.90 Å². The molecule has 2 aliphatic heterocycles. The Labute approximate surface area is 71.8 Å². The second kappa shape index (κ2) is 2.71. The van der Waals surface area contributed by atoms with Crippen LogP contribution in [0.1, 0.15) is 6.42 Å². The Kier molecular flexibility index (Phi) is 1.81. The van der Waals surface area contributed by atoms with Gasteiger partial charge in [-0.2, -0.15) is 0 Å². The number of piperazine rings is 1. The highest BCUT2D eigenvalue weighted by atomic mass is 16.3. The number of aliphatic hydroxyl groups excluding tert-OH is 1. The normalized spacial score (nSPS) is 37.2. The minimum atomic E-state index is -0.301. The second-order valence-electron chi connectivity index (χ2n) is 3.66. The molecule has 1 N–H and O–H groups in total. The number of amides is 1. The van der Waals surface area contributed by atoms with Crippen LogP contribution in [0.2, 0.25) is 0 Å². The van der Waals surface area contributed by atoms with Crippen LogP contribution in [-0.4, -0.2) is 59.6 Å². The van der Waals surface area contributed by atoms with E-state index in [1.165, 1.54) is 0 Å². The van der Waals surface area contributed by atoms with Crippen molar-refractivity contribution in [3.05, 3.63) is 0 Å². The largest absolute Gasteiger partial charge is 0.392 e. The summed E-state index contributed by atoms with van der Waals surface area (Å²) in [5.41, 5.74) is 0. The highest BCUT2D eigenvalue weighted by Crippen LogP contribution is 2.22. The maximum absolute atomic E-state index is 11.5. The molecule has 0 saturated carbocycles. The third-order valence-corrected chi connectivity index (χ3v) is 2.77. The average Bonchev–Trinajstić information content (AvgIpc) is 2.39. The van der Waals surface area contributed by atoms with Crippen molar-refractivity contribution in [1.29, 1.82) is 0 Å². The number of hydrogen-bond donors (Lipinski definition) is 1. The van der Waals surface area contributed by atoms with E-state index in [0.29, 0.717) is 13.0 Å². The van der Waals surface area contributed by atoms with Gasteiger partial charge in [0.2, 0.25) is 5.91 Å². The number of carbonyl (C=O) groups excluding carboxylic acids is 1. The van der Waals surface area contributed by atoms with Crippen molar-refractivity contribution in [2.75, 3.05) is 26.7 Å². The van der Waals surface area contributed by atoms with Gasteiger partial charge in [0.25, 0.3) is 0 Å². The van der Waals surface area contributed by atoms with Crippen LogP contribution in [0.4, 0.5) is 0 Å². The van der Waals surface area contributed by atoms with Crippen LogP contribution < -0.4 is 0 Å². The Bertz CT molecular complexity index is 207. The number of carbonyl (C=O) groups is 1. The van der Waals surface area contributed by atoms with Gasteiger partial charge in [0, 0.05) is 26.7 Å². The van der Waals surface area contributed by atoms with E-state index in [1.807, 2.05) is 7.05 Å². The zero-order chi connectivity index (χ0) is 8.72. The minimum absolute atomic E-state index is 0.0428. The molecule has 0 radical (unpaired) electrons. The summed E-state index contributed by atoms with van der Waals surface area (Å²) in [5, 5.41) is 9.35. The lowest BCUT2D eigenvalue weighted by atomic mass is 10.1. The first kappa shape index (κ1) is 8.01. The van der Waals surface area contributed by atoms with Gasteiger partial charge in [-0.25, -0.2) is 0 Å². The molecular weight excluding hydrogens is 156 g/mol. The lowest BCUT2D eigenvalue weighted by Crippen LogP contribution is -2.52. The van der Waals surface area contributed by atoms with Gasteiger partial charge >= 0.3 is 0 Å². The molecule has 0 aromatic rings. The first-order chi connectivity index (χ1) is 5.68. The monoisotopic (exact) mass is 170 g/mol. The summed E-state index contributed by atoms with van der Waals surface area (Å²) in [6, 6.07) is -0.0428. The van der Waals surface area contributed by atoms with Crippen LogP contribution in [-0.2, 0) is 4.79 Å². The Hall–Kier alpha value is -0.610. The van der Waals surface area contributed by atoms with Gasteiger partial charge in [-0.1, -0.05) is 0 Å². The van der Waals surface area contributed by atoms with E-state index in [9.17, 15) is 9.90 Å². The highest BCUT2D eigenvalue weighted by molar-refractivity contribution is 5.82. The average molecular weight is 170 g/mol. The molecule has 0 aromatic carbocycles. The second-order valence-corrected chi connectivity index (χ2v) is 3.66. The first-order valence-electron chi connectivity index (χ1n) is 4.35. The van der Waals surface area contributed by atoms with Crippen molar-refractivity contribution in [1.82, 2.24) is 9.80 Å². The standard InChI is InChI=1S/C8H14N2O2/c1-9-2-3-10-5-6(11)4-7(10)8(9)12/h6-7,11H,2-5H2,1H3/t6-,7+/m1/s1. The summed E-state index contributed by atoms with van der Waals surface area (Å²) in [5.74, 6) is 0.165. The maximum Gasteiger partial charge on any atom is 0.239 e. The minimum Gasteiger partial charge on any atom is -0.392 e. The van der Waals surface area contributed by atoms with Gasteiger partial charge in [-0.3, -0.25) is 9.69 Å². The molecule has 2 fully saturated rings. The molecule has 0 aliphatic carbocycles. The van der Waals surface area contributed by atoms with Crippen molar-refractivity contribution in [3.8, 4) is 0 Å². The van der Waals surface area contributed by atoms with Gasteiger partial charge in [-0.15, -0.1) is 0 Å².